The van der Waals surface area contributed by atoms with Crippen LogP contribution in [0.2, 0.25) is 0 Å². The van der Waals surface area contributed by atoms with Crippen LogP contribution in [0.25, 0.3) is 0 Å². The summed E-state index contributed by atoms with van der Waals surface area (Å²) >= 11 is 0. The molecule has 0 spiro atoms. The van der Waals surface area contributed by atoms with Crippen molar-refractivity contribution in [3.63, 3.8) is 0 Å². The first-order chi connectivity index (χ1) is 13.6. The summed E-state index contributed by atoms with van der Waals surface area (Å²) in [7, 11) is 1.58. The van der Waals surface area contributed by atoms with Crippen LogP contribution in [0.5, 0.6) is 11.5 Å². The standard InChI is InChI=1S/C22H20N2O4/c1-27-19-11-13-20(14-12-19)28-15-21(25)23-17-7-9-18(10-8-17)24-22(26)16-5-3-2-4-6-16/h2-14H,15H2,1H3,(H,23,25)(H,24,26). The first-order valence-electron chi connectivity index (χ1n) is 8.67. The summed E-state index contributed by atoms with van der Waals surface area (Å²) in [6.45, 7) is -0.112. The first kappa shape index (κ1) is 19.0. The number of methoxy groups -OCH3 is 1. The topological polar surface area (TPSA) is 76.7 Å². The van der Waals surface area contributed by atoms with Crippen molar-refractivity contribution in [2.45, 2.75) is 0 Å². The average Bonchev–Trinajstić information content (AvgIpc) is 2.74. The molecule has 3 rings (SSSR count). The summed E-state index contributed by atoms with van der Waals surface area (Å²) in [6.07, 6.45) is 0. The number of rotatable bonds is 7. The SMILES string of the molecule is COc1ccc(OCC(=O)Nc2ccc(NC(=O)c3ccccc3)cc2)cc1. The second-order valence-electron chi connectivity index (χ2n) is 5.91. The van der Waals surface area contributed by atoms with Crippen LogP contribution >= 0.6 is 0 Å². The van der Waals surface area contributed by atoms with Crippen LogP contribution in [0.3, 0.4) is 0 Å². The molecule has 0 radical (unpaired) electrons. The van der Waals surface area contributed by atoms with Gasteiger partial charge in [-0.05, 0) is 60.7 Å². The van der Waals surface area contributed by atoms with Gasteiger partial charge in [-0.25, -0.2) is 0 Å². The Hall–Kier alpha value is -3.80. The van der Waals surface area contributed by atoms with Crippen LogP contribution < -0.4 is 20.1 Å². The third kappa shape index (κ3) is 5.35. The van der Waals surface area contributed by atoms with Crippen LogP contribution in [-0.4, -0.2) is 25.5 Å². The predicted molar refractivity (Wildman–Crippen MR) is 108 cm³/mol. The molecule has 6 nitrogen and oxygen atoms in total. The number of nitrogens with one attached hydrogen (secondary N) is 2. The van der Waals surface area contributed by atoms with Crippen LogP contribution in [0.1, 0.15) is 10.4 Å². The quantitative estimate of drug-likeness (QED) is 0.654. The Kier molecular flexibility index (Phi) is 6.25. The zero-order chi connectivity index (χ0) is 19.8. The van der Waals surface area contributed by atoms with E-state index in [1.54, 1.807) is 67.8 Å². The molecule has 3 aromatic rings. The Morgan fingerprint density at radius 3 is 1.93 bits per heavy atom. The average molecular weight is 376 g/mol. The molecule has 0 heterocycles. The largest absolute Gasteiger partial charge is 0.497 e. The summed E-state index contributed by atoms with van der Waals surface area (Å²) in [5, 5.41) is 5.55. The van der Waals surface area contributed by atoms with Gasteiger partial charge in [-0.1, -0.05) is 18.2 Å². The van der Waals surface area contributed by atoms with Gasteiger partial charge in [-0.15, -0.1) is 0 Å². The van der Waals surface area contributed by atoms with Gasteiger partial charge in [0, 0.05) is 16.9 Å². The molecule has 28 heavy (non-hydrogen) atoms. The molecule has 0 aliphatic rings. The van der Waals surface area contributed by atoms with Gasteiger partial charge in [-0.2, -0.15) is 0 Å². The van der Waals surface area contributed by atoms with Crippen molar-refractivity contribution in [3.8, 4) is 11.5 Å². The number of benzene rings is 3. The number of carbonyl (C=O) groups is 2. The number of carbonyl (C=O) groups excluding carboxylic acids is 2. The molecule has 2 amide bonds. The van der Waals surface area contributed by atoms with Crippen molar-refractivity contribution in [2.24, 2.45) is 0 Å². The van der Waals surface area contributed by atoms with Crippen molar-refractivity contribution in [1.82, 2.24) is 0 Å². The van der Waals surface area contributed by atoms with E-state index in [4.69, 9.17) is 9.47 Å². The smallest absolute Gasteiger partial charge is 0.262 e. The number of hydrogen-bond acceptors (Lipinski definition) is 4. The van der Waals surface area contributed by atoms with Crippen molar-refractivity contribution in [2.75, 3.05) is 24.4 Å². The molecule has 0 saturated heterocycles. The normalized spacial score (nSPS) is 10.0. The fourth-order valence-corrected chi connectivity index (χ4v) is 2.45. The Morgan fingerprint density at radius 1 is 0.750 bits per heavy atom. The van der Waals surface area contributed by atoms with E-state index in [2.05, 4.69) is 10.6 Å². The van der Waals surface area contributed by atoms with Crippen LogP contribution in [0.4, 0.5) is 11.4 Å². The molecular weight excluding hydrogens is 356 g/mol. The minimum absolute atomic E-state index is 0.112. The molecule has 0 atom stereocenters. The van der Waals surface area contributed by atoms with E-state index in [1.807, 2.05) is 18.2 Å². The molecule has 0 fully saturated rings. The van der Waals surface area contributed by atoms with Crippen LogP contribution in [0.15, 0.2) is 78.9 Å². The van der Waals surface area contributed by atoms with Gasteiger partial charge >= 0.3 is 0 Å². The summed E-state index contributed by atoms with van der Waals surface area (Å²) in [4.78, 5) is 24.2. The fraction of sp³-hybridized carbons (Fsp3) is 0.0909. The van der Waals surface area contributed by atoms with Crippen molar-refractivity contribution < 1.29 is 19.1 Å². The molecule has 2 N–H and O–H groups in total. The Morgan fingerprint density at radius 2 is 1.32 bits per heavy atom. The Bertz CT molecular complexity index is 923. The highest BCUT2D eigenvalue weighted by Gasteiger charge is 2.07. The zero-order valence-electron chi connectivity index (χ0n) is 15.3. The van der Waals surface area contributed by atoms with Crippen molar-refractivity contribution in [3.05, 3.63) is 84.4 Å². The number of anilines is 2. The van der Waals surface area contributed by atoms with E-state index in [0.717, 1.165) is 5.75 Å². The minimum Gasteiger partial charge on any atom is -0.497 e. The molecule has 3 aromatic carbocycles. The number of ether oxygens (including phenoxy) is 2. The maximum atomic E-state index is 12.1. The molecule has 0 saturated carbocycles. The molecule has 0 aliphatic carbocycles. The molecule has 0 unspecified atom stereocenters. The lowest BCUT2D eigenvalue weighted by molar-refractivity contribution is -0.118. The Labute approximate surface area is 163 Å². The minimum atomic E-state index is -0.281. The molecular formula is C22H20N2O4. The van der Waals surface area contributed by atoms with E-state index in [0.29, 0.717) is 22.7 Å². The van der Waals surface area contributed by atoms with Crippen molar-refractivity contribution >= 4 is 23.2 Å². The molecule has 0 bridgehead atoms. The lowest BCUT2D eigenvalue weighted by Gasteiger charge is -2.09. The Balaban J connectivity index is 1.49. The first-order valence-corrected chi connectivity index (χ1v) is 8.67. The van der Waals surface area contributed by atoms with Gasteiger partial charge in [-0.3, -0.25) is 9.59 Å². The van der Waals surface area contributed by atoms with E-state index >= 15 is 0 Å². The third-order valence-corrected chi connectivity index (χ3v) is 3.89. The second-order valence-corrected chi connectivity index (χ2v) is 5.91. The molecule has 0 aromatic heterocycles. The van der Waals surface area contributed by atoms with Crippen LogP contribution in [0, 0.1) is 0 Å². The highest BCUT2D eigenvalue weighted by Crippen LogP contribution is 2.17. The summed E-state index contributed by atoms with van der Waals surface area (Å²) in [6, 6.07) is 22.8. The number of hydrogen-bond donors (Lipinski definition) is 2. The summed E-state index contributed by atoms with van der Waals surface area (Å²) in [5.41, 5.74) is 1.83. The van der Waals surface area contributed by atoms with E-state index in [1.165, 1.54) is 0 Å². The van der Waals surface area contributed by atoms with Crippen molar-refractivity contribution in [1.29, 1.82) is 0 Å². The van der Waals surface area contributed by atoms with Gasteiger partial charge < -0.3 is 20.1 Å². The maximum absolute atomic E-state index is 12.1. The highest BCUT2D eigenvalue weighted by molar-refractivity contribution is 6.04. The third-order valence-electron chi connectivity index (χ3n) is 3.89. The zero-order valence-corrected chi connectivity index (χ0v) is 15.3. The van der Waals surface area contributed by atoms with Gasteiger partial charge in [0.15, 0.2) is 6.61 Å². The van der Waals surface area contributed by atoms with Crippen LogP contribution in [-0.2, 0) is 4.79 Å². The van der Waals surface area contributed by atoms with Gasteiger partial charge in [0.05, 0.1) is 7.11 Å². The summed E-state index contributed by atoms with van der Waals surface area (Å²) < 4.78 is 10.5. The molecule has 6 heteroatoms. The monoisotopic (exact) mass is 376 g/mol. The second kappa shape index (κ2) is 9.23. The molecule has 0 aliphatic heterocycles. The number of amides is 2. The highest BCUT2D eigenvalue weighted by atomic mass is 16.5. The van der Waals surface area contributed by atoms with E-state index in [9.17, 15) is 9.59 Å². The predicted octanol–water partition coefficient (Wildman–Crippen LogP) is 3.97. The lowest BCUT2D eigenvalue weighted by atomic mass is 10.2. The molecule has 142 valence electrons. The van der Waals surface area contributed by atoms with E-state index < -0.39 is 0 Å². The van der Waals surface area contributed by atoms with Gasteiger partial charge in [0.25, 0.3) is 11.8 Å². The fourth-order valence-electron chi connectivity index (χ4n) is 2.45. The van der Waals surface area contributed by atoms with Gasteiger partial charge in [0.1, 0.15) is 11.5 Å². The maximum Gasteiger partial charge on any atom is 0.262 e. The van der Waals surface area contributed by atoms with Gasteiger partial charge in [0.2, 0.25) is 0 Å². The lowest BCUT2D eigenvalue weighted by Crippen LogP contribution is -2.20. The van der Waals surface area contributed by atoms with E-state index in [-0.39, 0.29) is 18.4 Å². The summed E-state index contributed by atoms with van der Waals surface area (Å²) in [5.74, 6) is 0.827.